The number of aryl methyl sites for hydroxylation is 1. The number of anilines is 2. The van der Waals surface area contributed by atoms with E-state index >= 15 is 0 Å². The van der Waals surface area contributed by atoms with E-state index in [4.69, 9.17) is 4.74 Å². The van der Waals surface area contributed by atoms with Crippen LogP contribution >= 0.6 is 11.5 Å². The number of benzene rings is 1. The summed E-state index contributed by atoms with van der Waals surface area (Å²) in [5.74, 6) is -2.39. The average Bonchev–Trinajstić information content (AvgIpc) is 2.75. The highest BCUT2D eigenvalue weighted by atomic mass is 32.1. The van der Waals surface area contributed by atoms with Crippen molar-refractivity contribution in [1.82, 2.24) is 4.37 Å². The molecule has 0 saturated carbocycles. The predicted molar refractivity (Wildman–Crippen MR) is 72.4 cm³/mol. The third kappa shape index (κ3) is 2.93. The first-order chi connectivity index (χ1) is 9.52. The number of carbonyl (C=O) groups is 1. The number of ether oxygens (including phenoxy) is 1. The van der Waals surface area contributed by atoms with Crippen molar-refractivity contribution < 1.29 is 18.3 Å². The first-order valence-electron chi connectivity index (χ1n) is 5.88. The highest BCUT2D eigenvalue weighted by Gasteiger charge is 2.20. The van der Waals surface area contributed by atoms with Crippen LogP contribution in [0.15, 0.2) is 18.2 Å². The molecular formula is C13H12F2N2O2S. The highest BCUT2D eigenvalue weighted by molar-refractivity contribution is 7.10. The van der Waals surface area contributed by atoms with Crippen molar-refractivity contribution in [3.63, 3.8) is 0 Å². The summed E-state index contributed by atoms with van der Waals surface area (Å²) in [6.45, 7) is 3.63. The second-order valence-corrected chi connectivity index (χ2v) is 4.72. The quantitative estimate of drug-likeness (QED) is 0.875. The molecule has 1 heterocycles. The summed E-state index contributed by atoms with van der Waals surface area (Å²) in [6, 6.07) is 3.40. The molecule has 0 saturated heterocycles. The molecule has 0 atom stereocenters. The van der Waals surface area contributed by atoms with E-state index in [-0.39, 0.29) is 6.61 Å². The minimum atomic E-state index is -0.964. The van der Waals surface area contributed by atoms with E-state index in [1.165, 1.54) is 6.07 Å². The molecule has 2 rings (SSSR count). The summed E-state index contributed by atoms with van der Waals surface area (Å²) in [5, 5.41) is 3.29. The zero-order chi connectivity index (χ0) is 14.7. The molecule has 1 aromatic heterocycles. The van der Waals surface area contributed by atoms with Gasteiger partial charge in [-0.05, 0) is 37.5 Å². The second-order valence-electron chi connectivity index (χ2n) is 3.95. The molecule has 0 aliphatic heterocycles. The van der Waals surface area contributed by atoms with E-state index in [2.05, 4.69) is 9.69 Å². The second kappa shape index (κ2) is 5.96. The van der Waals surface area contributed by atoms with E-state index in [0.717, 1.165) is 23.7 Å². The molecule has 0 bridgehead atoms. The Morgan fingerprint density at radius 1 is 1.40 bits per heavy atom. The molecular weight excluding hydrogens is 286 g/mol. The molecule has 0 spiro atoms. The molecule has 0 amide bonds. The van der Waals surface area contributed by atoms with Crippen LogP contribution in [-0.2, 0) is 4.74 Å². The third-order valence-corrected chi connectivity index (χ3v) is 3.37. The number of nitrogens with zero attached hydrogens (tertiary/aromatic N) is 1. The number of halogens is 2. The molecule has 1 N–H and O–H groups in total. The van der Waals surface area contributed by atoms with Crippen molar-refractivity contribution >= 4 is 28.2 Å². The van der Waals surface area contributed by atoms with Gasteiger partial charge in [-0.15, -0.1) is 0 Å². The Morgan fingerprint density at radius 2 is 2.15 bits per heavy atom. The van der Waals surface area contributed by atoms with Gasteiger partial charge in [0.2, 0.25) is 0 Å². The Balaban J connectivity index is 2.29. The lowest BCUT2D eigenvalue weighted by molar-refractivity contribution is 0.0527. The molecule has 106 valence electrons. The fourth-order valence-corrected chi connectivity index (χ4v) is 2.41. The molecule has 20 heavy (non-hydrogen) atoms. The number of nitrogens with one attached hydrogen (secondary N) is 1. The maximum Gasteiger partial charge on any atom is 0.343 e. The molecule has 2 aromatic rings. The Bertz CT molecular complexity index is 643. The predicted octanol–water partition coefficient (Wildman–Crippen LogP) is 3.65. The fraction of sp³-hybridized carbons (Fsp3) is 0.231. The number of rotatable bonds is 4. The lowest BCUT2D eigenvalue weighted by Gasteiger charge is -2.07. The number of aromatic nitrogens is 1. The van der Waals surface area contributed by atoms with Crippen LogP contribution < -0.4 is 5.32 Å². The van der Waals surface area contributed by atoms with Gasteiger partial charge in [-0.1, -0.05) is 0 Å². The van der Waals surface area contributed by atoms with E-state index in [0.29, 0.717) is 21.9 Å². The molecule has 0 fully saturated rings. The van der Waals surface area contributed by atoms with Crippen molar-refractivity contribution in [2.24, 2.45) is 0 Å². The van der Waals surface area contributed by atoms with Crippen LogP contribution in [0.2, 0.25) is 0 Å². The van der Waals surface area contributed by atoms with Crippen LogP contribution in [0.5, 0.6) is 0 Å². The monoisotopic (exact) mass is 298 g/mol. The van der Waals surface area contributed by atoms with Crippen LogP contribution in [0, 0.1) is 18.6 Å². The maximum absolute atomic E-state index is 13.1. The Labute approximate surface area is 118 Å². The first kappa shape index (κ1) is 14.4. The average molecular weight is 298 g/mol. The molecule has 4 nitrogen and oxygen atoms in total. The Hall–Kier alpha value is -2.02. The van der Waals surface area contributed by atoms with Crippen LogP contribution in [0.1, 0.15) is 23.0 Å². The van der Waals surface area contributed by atoms with Gasteiger partial charge in [-0.25, -0.2) is 13.6 Å². The van der Waals surface area contributed by atoms with Gasteiger partial charge >= 0.3 is 5.97 Å². The smallest absolute Gasteiger partial charge is 0.343 e. The molecule has 7 heteroatoms. The topological polar surface area (TPSA) is 51.2 Å². The highest BCUT2D eigenvalue weighted by Crippen LogP contribution is 2.29. The van der Waals surface area contributed by atoms with Gasteiger partial charge in [0.05, 0.1) is 12.3 Å². The minimum Gasteiger partial charge on any atom is -0.462 e. The van der Waals surface area contributed by atoms with Gasteiger partial charge in [0.25, 0.3) is 0 Å². The lowest BCUT2D eigenvalue weighted by atomic mass is 10.2. The summed E-state index contributed by atoms with van der Waals surface area (Å²) < 4.78 is 35.0. The van der Waals surface area contributed by atoms with Crippen molar-refractivity contribution in [1.29, 1.82) is 0 Å². The van der Waals surface area contributed by atoms with Gasteiger partial charge < -0.3 is 10.1 Å². The standard InChI is InChI=1S/C13H12F2N2O2S/c1-3-19-13(18)11-7(2)17-20-12(11)16-8-4-5-9(14)10(15)6-8/h4-6,16H,3H2,1-2H3. The summed E-state index contributed by atoms with van der Waals surface area (Å²) in [6.07, 6.45) is 0. The van der Waals surface area contributed by atoms with Gasteiger partial charge in [0, 0.05) is 11.8 Å². The summed E-state index contributed by atoms with van der Waals surface area (Å²) in [7, 11) is 0. The van der Waals surface area contributed by atoms with E-state index in [9.17, 15) is 13.6 Å². The van der Waals surface area contributed by atoms with Crippen LogP contribution in [-0.4, -0.2) is 16.9 Å². The number of esters is 1. The number of hydrogen-bond acceptors (Lipinski definition) is 5. The van der Waals surface area contributed by atoms with Crippen LogP contribution in [0.3, 0.4) is 0 Å². The van der Waals surface area contributed by atoms with Crippen molar-refractivity contribution in [3.8, 4) is 0 Å². The summed E-state index contributed by atoms with van der Waals surface area (Å²) in [5.41, 5.74) is 1.17. The zero-order valence-electron chi connectivity index (χ0n) is 10.9. The third-order valence-electron chi connectivity index (χ3n) is 2.52. The van der Waals surface area contributed by atoms with Crippen LogP contribution in [0.25, 0.3) is 0 Å². The van der Waals surface area contributed by atoms with Crippen molar-refractivity contribution in [3.05, 3.63) is 41.1 Å². The first-order valence-corrected chi connectivity index (χ1v) is 6.65. The van der Waals surface area contributed by atoms with E-state index in [1.54, 1.807) is 13.8 Å². The molecule has 0 aliphatic rings. The van der Waals surface area contributed by atoms with Gasteiger partial charge in [0.15, 0.2) is 11.6 Å². The van der Waals surface area contributed by atoms with E-state index < -0.39 is 17.6 Å². The SMILES string of the molecule is CCOC(=O)c1c(C)nsc1Nc1ccc(F)c(F)c1. The van der Waals surface area contributed by atoms with Gasteiger partial charge in [-0.2, -0.15) is 4.37 Å². The molecule has 0 aliphatic carbocycles. The molecule has 1 aromatic carbocycles. The maximum atomic E-state index is 13.1. The van der Waals surface area contributed by atoms with Crippen molar-refractivity contribution in [2.75, 3.05) is 11.9 Å². The van der Waals surface area contributed by atoms with Crippen molar-refractivity contribution in [2.45, 2.75) is 13.8 Å². The zero-order valence-corrected chi connectivity index (χ0v) is 11.7. The Morgan fingerprint density at radius 3 is 2.80 bits per heavy atom. The van der Waals surface area contributed by atoms with E-state index in [1.807, 2.05) is 0 Å². The summed E-state index contributed by atoms with van der Waals surface area (Å²) in [4.78, 5) is 11.8. The molecule has 0 radical (unpaired) electrons. The largest absolute Gasteiger partial charge is 0.462 e. The number of carbonyl (C=O) groups excluding carboxylic acids is 1. The van der Waals surface area contributed by atoms with Gasteiger partial charge in [0.1, 0.15) is 10.6 Å². The Kier molecular flexibility index (Phi) is 4.29. The van der Waals surface area contributed by atoms with Crippen LogP contribution in [0.4, 0.5) is 19.5 Å². The summed E-state index contributed by atoms with van der Waals surface area (Å²) >= 11 is 1.06. The lowest BCUT2D eigenvalue weighted by Crippen LogP contribution is -2.07. The van der Waals surface area contributed by atoms with Gasteiger partial charge in [-0.3, -0.25) is 0 Å². The normalized spacial score (nSPS) is 10.4. The molecule has 0 unspecified atom stereocenters. The fourth-order valence-electron chi connectivity index (χ4n) is 1.60. The minimum absolute atomic E-state index is 0.249. The number of hydrogen-bond donors (Lipinski definition) is 1.